The van der Waals surface area contributed by atoms with Crippen molar-refractivity contribution in [3.63, 3.8) is 0 Å². The van der Waals surface area contributed by atoms with Gasteiger partial charge in [-0.25, -0.2) is 0 Å². The zero-order valence-corrected chi connectivity index (χ0v) is 22.6. The predicted octanol–water partition coefficient (Wildman–Crippen LogP) is 7.16. The molecule has 0 spiro atoms. The minimum atomic E-state index is -0.303. The summed E-state index contributed by atoms with van der Waals surface area (Å²) in [6.07, 6.45) is 8.18. The zero-order valence-electron chi connectivity index (χ0n) is 21.9. The van der Waals surface area contributed by atoms with E-state index in [1.807, 2.05) is 32.9 Å². The van der Waals surface area contributed by atoms with Crippen LogP contribution in [0.3, 0.4) is 0 Å². The van der Waals surface area contributed by atoms with Gasteiger partial charge in [-0.1, -0.05) is 64.6 Å². The Kier molecular flexibility index (Phi) is 8.23. The molecule has 0 bridgehead atoms. The molecule has 0 amide bonds. The molecule has 7 heteroatoms. The summed E-state index contributed by atoms with van der Waals surface area (Å²) in [5.74, 6) is 1.64. The third kappa shape index (κ3) is 6.39. The molecule has 1 aliphatic rings. The fourth-order valence-electron chi connectivity index (χ4n) is 5.23. The van der Waals surface area contributed by atoms with E-state index < -0.39 is 0 Å². The van der Waals surface area contributed by atoms with Gasteiger partial charge in [0.05, 0.1) is 6.61 Å². The number of halogens is 1. The number of fused-ring (bicyclic) bond motifs is 1. The van der Waals surface area contributed by atoms with E-state index in [2.05, 4.69) is 17.1 Å². The second kappa shape index (κ2) is 11.2. The quantitative estimate of drug-likeness (QED) is 0.243. The van der Waals surface area contributed by atoms with Crippen molar-refractivity contribution in [2.45, 2.75) is 84.5 Å². The molecule has 36 heavy (non-hydrogen) atoms. The van der Waals surface area contributed by atoms with Gasteiger partial charge in [-0.3, -0.25) is 4.79 Å². The molecule has 1 aromatic heterocycles. The second-order valence-corrected chi connectivity index (χ2v) is 11.6. The van der Waals surface area contributed by atoms with Crippen LogP contribution in [0.15, 0.2) is 30.3 Å². The summed E-state index contributed by atoms with van der Waals surface area (Å²) in [6, 6.07) is 9.13. The first-order valence-electron chi connectivity index (χ1n) is 13.2. The van der Waals surface area contributed by atoms with Gasteiger partial charge in [0.2, 0.25) is 0 Å². The third-order valence-electron chi connectivity index (χ3n) is 7.38. The molecule has 3 aromatic rings. The zero-order chi connectivity index (χ0) is 25.9. The Bertz CT molecular complexity index is 1210. The molecular weight excluding hydrogens is 474 g/mol. The number of phenols is 1. The second-order valence-electron chi connectivity index (χ2n) is 11.2. The number of aromatic hydroxyl groups is 1. The number of aromatic nitrogens is 3. The topological polar surface area (TPSA) is 77.2 Å². The average molecular weight is 512 g/mol. The lowest BCUT2D eigenvalue weighted by Crippen LogP contribution is -2.14. The highest BCUT2D eigenvalue weighted by Gasteiger charge is 2.24. The van der Waals surface area contributed by atoms with E-state index in [0.717, 1.165) is 35.8 Å². The number of rotatable bonds is 9. The number of phenolic OH excluding ortho intramolecular Hbond substituents is 1. The number of nitrogens with zero attached hydrogens (tertiary/aromatic N) is 3. The van der Waals surface area contributed by atoms with Gasteiger partial charge in [-0.2, -0.15) is 0 Å². The molecule has 2 atom stereocenters. The molecule has 2 aromatic carbocycles. The van der Waals surface area contributed by atoms with Crippen molar-refractivity contribution in [1.82, 2.24) is 15.0 Å². The van der Waals surface area contributed by atoms with E-state index in [1.54, 1.807) is 18.2 Å². The van der Waals surface area contributed by atoms with Gasteiger partial charge in [-0.15, -0.1) is 15.0 Å². The first-order chi connectivity index (χ1) is 17.1. The van der Waals surface area contributed by atoms with E-state index in [9.17, 15) is 9.90 Å². The number of ether oxygens (including phenoxy) is 1. The highest BCUT2D eigenvalue weighted by molar-refractivity contribution is 6.31. The van der Waals surface area contributed by atoms with Crippen molar-refractivity contribution in [2.24, 2.45) is 11.8 Å². The van der Waals surface area contributed by atoms with Crippen LogP contribution >= 0.6 is 11.6 Å². The van der Waals surface area contributed by atoms with Crippen molar-refractivity contribution < 1.29 is 14.6 Å². The van der Waals surface area contributed by atoms with Crippen LogP contribution in [0, 0.1) is 11.8 Å². The maximum absolute atomic E-state index is 12.4. The maximum Gasteiger partial charge on any atom is 0.306 e. The highest BCUT2D eigenvalue weighted by atomic mass is 35.5. The van der Waals surface area contributed by atoms with Crippen LogP contribution < -0.4 is 0 Å². The number of aryl methyl sites for hydroxylation is 1. The lowest BCUT2D eigenvalue weighted by atomic mass is 9.84. The van der Waals surface area contributed by atoms with E-state index in [0.29, 0.717) is 41.2 Å². The van der Waals surface area contributed by atoms with Gasteiger partial charge in [0.25, 0.3) is 0 Å². The lowest BCUT2D eigenvalue weighted by molar-refractivity contribution is -0.143. The van der Waals surface area contributed by atoms with Gasteiger partial charge in [0.1, 0.15) is 22.5 Å². The Morgan fingerprint density at radius 1 is 1.14 bits per heavy atom. The summed E-state index contributed by atoms with van der Waals surface area (Å²) < 4.78 is 5.53. The maximum atomic E-state index is 12.4. The number of hydrogen-bond donors (Lipinski definition) is 1. The van der Waals surface area contributed by atoms with Crippen LogP contribution in [0.5, 0.6) is 5.75 Å². The first kappa shape index (κ1) is 26.5. The van der Waals surface area contributed by atoms with Crippen LogP contribution in [-0.2, 0) is 21.4 Å². The van der Waals surface area contributed by atoms with Gasteiger partial charge in [0, 0.05) is 17.0 Å². The van der Waals surface area contributed by atoms with Gasteiger partial charge in [0.15, 0.2) is 0 Å². The Labute approximate surface area is 219 Å². The smallest absolute Gasteiger partial charge is 0.306 e. The van der Waals surface area contributed by atoms with Crippen molar-refractivity contribution >= 4 is 28.6 Å². The number of carbonyl (C=O) groups excluding carboxylic acids is 1. The van der Waals surface area contributed by atoms with Crippen molar-refractivity contribution in [1.29, 1.82) is 0 Å². The van der Waals surface area contributed by atoms with Crippen molar-refractivity contribution in [2.75, 3.05) is 6.61 Å². The van der Waals surface area contributed by atoms with Gasteiger partial charge >= 0.3 is 5.97 Å². The van der Waals surface area contributed by atoms with Crippen LogP contribution in [0.2, 0.25) is 5.02 Å². The average Bonchev–Trinajstić information content (AvgIpc) is 3.46. The molecule has 0 aliphatic heterocycles. The highest BCUT2D eigenvalue weighted by Crippen LogP contribution is 2.37. The molecule has 6 nitrogen and oxygen atoms in total. The lowest BCUT2D eigenvalue weighted by Gasteiger charge is -2.23. The summed E-state index contributed by atoms with van der Waals surface area (Å²) >= 11 is 6.11. The number of carbonyl (C=O) groups is 1. The number of esters is 1. The minimum absolute atomic E-state index is 0.137. The Balaban J connectivity index is 1.41. The number of hydrogen-bond acceptors (Lipinski definition) is 5. The van der Waals surface area contributed by atoms with Crippen LogP contribution in [0.25, 0.3) is 16.7 Å². The SMILES string of the molecule is CCC1CCC(CCCOC(=O)CCc2cc(-n3nc4ccc(Cl)cc4n3)c(O)c(C(C)(C)C)c2)C1. The fourth-order valence-corrected chi connectivity index (χ4v) is 5.40. The fraction of sp³-hybridized carbons (Fsp3) is 0.552. The summed E-state index contributed by atoms with van der Waals surface area (Å²) in [7, 11) is 0. The van der Waals surface area contributed by atoms with Crippen LogP contribution in [-0.4, -0.2) is 32.7 Å². The molecule has 1 heterocycles. The standard InChI is InChI=1S/C29H38ClN3O3/c1-5-19-8-9-20(15-19)7-6-14-36-27(34)13-10-21-16-23(29(2,3)4)28(35)26(17-21)33-31-24-12-11-22(30)18-25(24)32-33/h11-12,16-20,35H,5-10,13-15H2,1-4H3. The summed E-state index contributed by atoms with van der Waals surface area (Å²) in [6.45, 7) is 8.91. The molecule has 0 radical (unpaired) electrons. The third-order valence-corrected chi connectivity index (χ3v) is 7.62. The minimum Gasteiger partial charge on any atom is -0.505 e. The van der Waals surface area contributed by atoms with E-state index in [1.165, 1.54) is 30.5 Å². The number of benzene rings is 2. The van der Waals surface area contributed by atoms with Crippen molar-refractivity contribution in [3.8, 4) is 11.4 Å². The molecule has 1 fully saturated rings. The van der Waals surface area contributed by atoms with E-state index in [-0.39, 0.29) is 17.1 Å². The summed E-state index contributed by atoms with van der Waals surface area (Å²) in [5, 5.41) is 20.7. The van der Waals surface area contributed by atoms with Crippen molar-refractivity contribution in [3.05, 3.63) is 46.5 Å². The molecule has 1 saturated carbocycles. The Morgan fingerprint density at radius 3 is 2.61 bits per heavy atom. The molecule has 194 valence electrons. The summed E-state index contributed by atoms with van der Waals surface area (Å²) in [5.41, 5.74) is 3.23. The first-order valence-corrected chi connectivity index (χ1v) is 13.6. The predicted molar refractivity (Wildman–Crippen MR) is 144 cm³/mol. The molecule has 1 aliphatic carbocycles. The molecular formula is C29H38ClN3O3. The van der Waals surface area contributed by atoms with Crippen LogP contribution in [0.4, 0.5) is 0 Å². The van der Waals surface area contributed by atoms with E-state index in [4.69, 9.17) is 16.3 Å². The Morgan fingerprint density at radius 2 is 1.89 bits per heavy atom. The molecule has 2 unspecified atom stereocenters. The Hall–Kier alpha value is -2.60. The molecule has 4 rings (SSSR count). The van der Waals surface area contributed by atoms with E-state index >= 15 is 0 Å². The summed E-state index contributed by atoms with van der Waals surface area (Å²) in [4.78, 5) is 13.9. The monoisotopic (exact) mass is 511 g/mol. The largest absolute Gasteiger partial charge is 0.505 e. The van der Waals surface area contributed by atoms with Gasteiger partial charge in [-0.05, 0) is 72.8 Å². The molecule has 0 saturated heterocycles. The normalized spacial score (nSPS) is 18.1. The molecule has 1 N–H and O–H groups in total. The van der Waals surface area contributed by atoms with Gasteiger partial charge < -0.3 is 9.84 Å². The van der Waals surface area contributed by atoms with Crippen LogP contribution in [0.1, 0.15) is 83.8 Å².